The van der Waals surface area contributed by atoms with Crippen molar-refractivity contribution in [3.8, 4) is 0 Å². The monoisotopic (exact) mass is 794 g/mol. The first-order valence-electron chi connectivity index (χ1n) is 21.6. The number of carbonyl (C=O) groups excluding carboxylic acids is 1. The highest BCUT2D eigenvalue weighted by atomic mass is 32.3. The van der Waals surface area contributed by atoms with E-state index < -0.39 is 59.9 Å². The van der Waals surface area contributed by atoms with Crippen LogP contribution in [0.4, 0.5) is 0 Å². The molecule has 1 aliphatic rings. The lowest BCUT2D eigenvalue weighted by molar-refractivity contribution is -0.298. The second-order valence-electron chi connectivity index (χ2n) is 15.3. The van der Waals surface area contributed by atoms with Gasteiger partial charge in [-0.2, -0.15) is 8.42 Å². The second-order valence-corrected chi connectivity index (χ2v) is 16.3. The van der Waals surface area contributed by atoms with Crippen LogP contribution in [0.1, 0.15) is 187 Å². The highest BCUT2D eigenvalue weighted by molar-refractivity contribution is 7.80. The molecule has 54 heavy (non-hydrogen) atoms. The molecule has 12 nitrogen and oxygen atoms in total. The van der Waals surface area contributed by atoms with Gasteiger partial charge in [0.2, 0.25) is 5.91 Å². The number of aliphatic hydroxyl groups excluding tert-OH is 4. The first-order chi connectivity index (χ1) is 26.0. The van der Waals surface area contributed by atoms with Crippen molar-refractivity contribution in [3.63, 3.8) is 0 Å². The van der Waals surface area contributed by atoms with Gasteiger partial charge in [0.25, 0.3) is 0 Å². The first kappa shape index (κ1) is 50.9. The van der Waals surface area contributed by atoms with Crippen LogP contribution in [-0.4, -0.2) is 95.4 Å². The number of nitrogens with one attached hydrogen (secondary N) is 1. The Balaban J connectivity index is 2.56. The van der Waals surface area contributed by atoms with Gasteiger partial charge in [0, 0.05) is 6.42 Å². The van der Waals surface area contributed by atoms with Crippen LogP contribution in [-0.2, 0) is 28.9 Å². The summed E-state index contributed by atoms with van der Waals surface area (Å²) < 4.78 is 47.4. The van der Waals surface area contributed by atoms with E-state index in [2.05, 4.69) is 23.3 Å². The van der Waals surface area contributed by atoms with Crippen LogP contribution in [0.15, 0.2) is 12.2 Å². The lowest BCUT2D eigenvalue weighted by atomic mass is 9.99. The molecule has 1 fully saturated rings. The van der Waals surface area contributed by atoms with Crippen molar-refractivity contribution in [3.05, 3.63) is 12.2 Å². The summed E-state index contributed by atoms with van der Waals surface area (Å²) in [5, 5.41) is 44.5. The lowest BCUT2D eigenvalue weighted by Crippen LogP contribution is -2.61. The molecule has 1 aliphatic heterocycles. The molecule has 0 aromatic heterocycles. The molecule has 1 amide bonds. The highest BCUT2D eigenvalue weighted by Crippen LogP contribution is 2.26. The Morgan fingerprint density at radius 3 is 1.61 bits per heavy atom. The number of hydrogen-bond acceptors (Lipinski definition) is 10. The molecule has 7 unspecified atom stereocenters. The van der Waals surface area contributed by atoms with E-state index in [0.717, 1.165) is 38.5 Å². The average Bonchev–Trinajstić information content (AvgIpc) is 3.14. The predicted octanol–water partition coefficient (Wildman–Crippen LogP) is 7.60. The summed E-state index contributed by atoms with van der Waals surface area (Å²) in [6, 6.07) is -0.936. The average molecular weight is 794 g/mol. The van der Waals surface area contributed by atoms with Crippen molar-refractivity contribution in [1.29, 1.82) is 0 Å². The molecule has 1 saturated heterocycles. The van der Waals surface area contributed by atoms with Crippen molar-refractivity contribution in [2.75, 3.05) is 13.2 Å². The van der Waals surface area contributed by atoms with E-state index in [1.165, 1.54) is 122 Å². The van der Waals surface area contributed by atoms with E-state index in [9.17, 15) is 33.6 Å². The smallest absolute Gasteiger partial charge is 0.394 e. The van der Waals surface area contributed by atoms with E-state index in [0.29, 0.717) is 6.42 Å². The Hall–Kier alpha value is -1.16. The fourth-order valence-electron chi connectivity index (χ4n) is 6.92. The fraction of sp³-hybridized carbons (Fsp3) is 0.927. The number of allylic oxidation sites excluding steroid dienone is 1. The zero-order valence-corrected chi connectivity index (χ0v) is 34.6. The molecule has 7 atom stereocenters. The molecule has 6 N–H and O–H groups in total. The number of unbranched alkanes of at least 4 members (excludes halogenated alkanes) is 24. The van der Waals surface area contributed by atoms with E-state index in [4.69, 9.17) is 14.0 Å². The molecular formula is C41H79NO11S. The number of amides is 1. The Morgan fingerprint density at radius 1 is 0.722 bits per heavy atom. The van der Waals surface area contributed by atoms with Crippen molar-refractivity contribution in [2.45, 2.75) is 230 Å². The first-order valence-corrected chi connectivity index (χ1v) is 22.9. The van der Waals surface area contributed by atoms with Gasteiger partial charge in [-0.1, -0.05) is 174 Å². The van der Waals surface area contributed by atoms with Crippen LogP contribution >= 0.6 is 0 Å². The largest absolute Gasteiger partial charge is 0.397 e. The van der Waals surface area contributed by atoms with Gasteiger partial charge in [-0.3, -0.25) is 9.35 Å². The van der Waals surface area contributed by atoms with Crippen LogP contribution in [0.25, 0.3) is 0 Å². The molecule has 13 heteroatoms. The number of aliphatic hydroxyl groups is 4. The van der Waals surface area contributed by atoms with Gasteiger partial charge in [-0.25, -0.2) is 4.18 Å². The molecule has 0 radical (unpaired) electrons. The Kier molecular flexibility index (Phi) is 31.0. The third kappa shape index (κ3) is 25.9. The molecule has 1 rings (SSSR count). The molecule has 320 valence electrons. The Labute approximate surface area is 328 Å². The number of ether oxygens (including phenoxy) is 2. The summed E-state index contributed by atoms with van der Waals surface area (Å²) in [7, 11) is -5.08. The van der Waals surface area contributed by atoms with Crippen LogP contribution in [0.3, 0.4) is 0 Å². The number of hydrogen-bond donors (Lipinski definition) is 6. The van der Waals surface area contributed by atoms with Crippen LogP contribution in [0, 0.1) is 0 Å². The van der Waals surface area contributed by atoms with Crippen LogP contribution in [0.5, 0.6) is 0 Å². The van der Waals surface area contributed by atoms with Gasteiger partial charge >= 0.3 is 10.4 Å². The SMILES string of the molecule is CCCCCCCCCCCC/C=C/C(O)C(COC1OC(CO)C(O)C(OS(=O)(=O)O)C1O)NC(=O)CCCCCCCCCCCCCCCCC. The molecule has 0 aliphatic carbocycles. The summed E-state index contributed by atoms with van der Waals surface area (Å²) in [6.07, 6.45) is 25.4. The van der Waals surface area contributed by atoms with E-state index >= 15 is 0 Å². The summed E-state index contributed by atoms with van der Waals surface area (Å²) in [5.41, 5.74) is 0. The number of rotatable bonds is 36. The minimum Gasteiger partial charge on any atom is -0.394 e. The maximum absolute atomic E-state index is 13.0. The molecule has 0 aromatic carbocycles. The summed E-state index contributed by atoms with van der Waals surface area (Å²) in [6.45, 7) is 3.36. The topological polar surface area (TPSA) is 192 Å². The third-order valence-corrected chi connectivity index (χ3v) is 10.8. The molecular weight excluding hydrogens is 715 g/mol. The van der Waals surface area contributed by atoms with Gasteiger partial charge in [-0.05, 0) is 19.3 Å². The summed E-state index contributed by atoms with van der Waals surface area (Å²) in [4.78, 5) is 13.0. The maximum Gasteiger partial charge on any atom is 0.397 e. The lowest BCUT2D eigenvalue weighted by Gasteiger charge is -2.41. The zero-order chi connectivity index (χ0) is 39.9. The van der Waals surface area contributed by atoms with Gasteiger partial charge < -0.3 is 35.2 Å². The summed E-state index contributed by atoms with van der Waals surface area (Å²) >= 11 is 0. The molecule has 0 spiro atoms. The minimum atomic E-state index is -5.08. The molecule has 0 aromatic rings. The number of carbonyl (C=O) groups is 1. The minimum absolute atomic E-state index is 0.262. The third-order valence-electron chi connectivity index (χ3n) is 10.3. The van der Waals surface area contributed by atoms with Crippen molar-refractivity contribution in [2.24, 2.45) is 0 Å². The van der Waals surface area contributed by atoms with E-state index in [1.54, 1.807) is 6.08 Å². The van der Waals surface area contributed by atoms with Crippen molar-refractivity contribution in [1.82, 2.24) is 5.32 Å². The predicted molar refractivity (Wildman–Crippen MR) is 213 cm³/mol. The van der Waals surface area contributed by atoms with Gasteiger partial charge in [0.05, 0.1) is 25.4 Å². The van der Waals surface area contributed by atoms with E-state index in [1.807, 2.05) is 6.08 Å². The molecule has 0 bridgehead atoms. The van der Waals surface area contributed by atoms with Crippen molar-refractivity contribution < 1.29 is 51.8 Å². The van der Waals surface area contributed by atoms with Gasteiger partial charge in [0.15, 0.2) is 6.29 Å². The maximum atomic E-state index is 13.0. The summed E-state index contributed by atoms with van der Waals surface area (Å²) in [5.74, 6) is -0.262. The quantitative estimate of drug-likeness (QED) is 0.0208. The molecule has 0 saturated carbocycles. The normalized spacial score (nSPS) is 21.8. The van der Waals surface area contributed by atoms with Crippen LogP contribution < -0.4 is 5.32 Å². The molecule has 1 heterocycles. The van der Waals surface area contributed by atoms with Crippen LogP contribution in [0.2, 0.25) is 0 Å². The highest BCUT2D eigenvalue weighted by Gasteiger charge is 2.48. The Bertz CT molecular complexity index is 1030. The Morgan fingerprint density at radius 2 is 1.17 bits per heavy atom. The second kappa shape index (κ2) is 32.9. The standard InChI is InChI=1S/C41H79NO11S/c1-3-5-7-9-11-13-15-17-18-19-21-23-25-27-29-31-37(45)42-34(35(44)30-28-26-24-22-20-16-14-12-10-8-6-4-2)33-51-41-39(47)40(53-54(48,49)50)38(46)36(32-43)52-41/h28,30,34-36,38-41,43-44,46-47H,3-27,29,31-33H2,1-2H3,(H,42,45)(H,48,49,50)/b30-28+. The zero-order valence-electron chi connectivity index (χ0n) is 33.8. The van der Waals surface area contributed by atoms with E-state index in [-0.39, 0.29) is 18.9 Å². The van der Waals surface area contributed by atoms with Gasteiger partial charge in [0.1, 0.15) is 24.4 Å². The van der Waals surface area contributed by atoms with Crippen molar-refractivity contribution >= 4 is 16.3 Å². The van der Waals surface area contributed by atoms with Gasteiger partial charge in [-0.15, -0.1) is 0 Å². The fourth-order valence-corrected chi connectivity index (χ4v) is 7.43.